The van der Waals surface area contributed by atoms with Crippen LogP contribution in [0.5, 0.6) is 0 Å². The molecule has 0 aliphatic heterocycles. The number of hydrogen-bond donors (Lipinski definition) is 0. The summed E-state index contributed by atoms with van der Waals surface area (Å²) in [6.45, 7) is 4.79. The van der Waals surface area contributed by atoms with Crippen molar-refractivity contribution in [3.05, 3.63) is 23.5 Å². The van der Waals surface area contributed by atoms with Gasteiger partial charge in [0, 0.05) is 13.2 Å². The van der Waals surface area contributed by atoms with E-state index in [-0.39, 0.29) is 0 Å². The van der Waals surface area contributed by atoms with Gasteiger partial charge in [0.1, 0.15) is 11.3 Å². The molecule has 0 aliphatic carbocycles. The third-order valence-electron chi connectivity index (χ3n) is 1.96. The van der Waals surface area contributed by atoms with E-state index in [4.69, 9.17) is 4.74 Å². The van der Waals surface area contributed by atoms with Gasteiger partial charge in [-0.25, -0.2) is 4.79 Å². The first-order valence-electron chi connectivity index (χ1n) is 4.98. The number of esters is 1. The van der Waals surface area contributed by atoms with E-state index >= 15 is 0 Å². The molecular weight excluding hydrogens is 235 g/mol. The monoisotopic (exact) mass is 249 g/mol. The van der Waals surface area contributed by atoms with Gasteiger partial charge in [-0.2, -0.15) is 13.2 Å². The van der Waals surface area contributed by atoms with Gasteiger partial charge in [0.25, 0.3) is 0 Å². The van der Waals surface area contributed by atoms with Crippen LogP contribution in [0.3, 0.4) is 0 Å². The van der Waals surface area contributed by atoms with Crippen molar-refractivity contribution in [2.45, 2.75) is 32.5 Å². The molecule has 0 atom stereocenters. The van der Waals surface area contributed by atoms with Crippen LogP contribution >= 0.6 is 0 Å². The number of hydrogen-bond acceptors (Lipinski definition) is 2. The number of aromatic nitrogens is 1. The lowest BCUT2D eigenvalue weighted by atomic mass is 10.2. The molecule has 0 amide bonds. The smallest absolute Gasteiger partial charge is 0.432 e. The molecule has 6 heteroatoms. The molecule has 0 spiro atoms. The molecule has 0 saturated heterocycles. The summed E-state index contributed by atoms with van der Waals surface area (Å²) in [6, 6.07) is 1.11. The molecule has 0 radical (unpaired) electrons. The van der Waals surface area contributed by atoms with E-state index in [9.17, 15) is 18.0 Å². The molecule has 0 saturated carbocycles. The van der Waals surface area contributed by atoms with Crippen LogP contribution in [0.4, 0.5) is 13.2 Å². The van der Waals surface area contributed by atoms with Crippen LogP contribution < -0.4 is 0 Å². The number of carbonyl (C=O) groups is 1. The van der Waals surface area contributed by atoms with Crippen LogP contribution in [-0.2, 0) is 18.0 Å². The highest BCUT2D eigenvalue weighted by Crippen LogP contribution is 2.33. The predicted octanol–water partition coefficient (Wildman–Crippen LogP) is 3.00. The van der Waals surface area contributed by atoms with Gasteiger partial charge in [-0.3, -0.25) is 0 Å². The van der Waals surface area contributed by atoms with Crippen LogP contribution in [0.2, 0.25) is 0 Å². The molecule has 0 N–H and O–H groups in total. The van der Waals surface area contributed by atoms with E-state index in [0.717, 1.165) is 10.6 Å². The molecule has 0 bridgehead atoms. The van der Waals surface area contributed by atoms with E-state index in [1.54, 1.807) is 20.8 Å². The fourth-order valence-corrected chi connectivity index (χ4v) is 1.38. The number of nitrogens with zero attached hydrogens (tertiary/aromatic N) is 1. The fourth-order valence-electron chi connectivity index (χ4n) is 1.38. The second-order valence-corrected chi connectivity index (χ2v) is 4.69. The van der Waals surface area contributed by atoms with E-state index < -0.39 is 29.0 Å². The molecule has 0 unspecified atom stereocenters. The number of rotatable bonds is 1. The first kappa shape index (κ1) is 13.6. The Kier molecular flexibility index (Phi) is 3.27. The maximum Gasteiger partial charge on any atom is 0.432 e. The highest BCUT2D eigenvalue weighted by atomic mass is 19.4. The zero-order valence-corrected chi connectivity index (χ0v) is 10.1. The molecule has 1 heterocycles. The van der Waals surface area contributed by atoms with Crippen molar-refractivity contribution in [2.75, 3.05) is 0 Å². The lowest BCUT2D eigenvalue weighted by Crippen LogP contribution is -2.25. The quantitative estimate of drug-likeness (QED) is 0.716. The summed E-state index contributed by atoms with van der Waals surface area (Å²) >= 11 is 0. The maximum atomic E-state index is 12.7. The first-order valence-corrected chi connectivity index (χ1v) is 4.98. The van der Waals surface area contributed by atoms with Gasteiger partial charge in [0.15, 0.2) is 0 Å². The van der Waals surface area contributed by atoms with Crippen molar-refractivity contribution in [2.24, 2.45) is 7.05 Å². The van der Waals surface area contributed by atoms with Crippen molar-refractivity contribution in [3.63, 3.8) is 0 Å². The van der Waals surface area contributed by atoms with E-state index in [1.165, 1.54) is 13.2 Å². The highest BCUT2D eigenvalue weighted by Gasteiger charge is 2.39. The minimum atomic E-state index is -4.58. The third kappa shape index (κ3) is 3.25. The van der Waals surface area contributed by atoms with Crippen molar-refractivity contribution < 1.29 is 22.7 Å². The summed E-state index contributed by atoms with van der Waals surface area (Å²) in [7, 11) is 1.23. The minimum absolute atomic E-state index is 0.463. The number of alkyl halides is 3. The lowest BCUT2D eigenvalue weighted by Gasteiger charge is -2.20. The second-order valence-electron chi connectivity index (χ2n) is 4.69. The Morgan fingerprint density at radius 1 is 1.29 bits per heavy atom. The van der Waals surface area contributed by atoms with Gasteiger partial charge < -0.3 is 9.30 Å². The molecule has 17 heavy (non-hydrogen) atoms. The minimum Gasteiger partial charge on any atom is -0.456 e. The number of halogens is 3. The summed E-state index contributed by atoms with van der Waals surface area (Å²) in [4.78, 5) is 11.6. The molecule has 1 aromatic rings. The Balaban J connectivity index is 3.12. The van der Waals surface area contributed by atoms with Crippen LogP contribution in [0.25, 0.3) is 0 Å². The first-order chi connectivity index (χ1) is 7.52. The molecule has 1 rings (SSSR count). The van der Waals surface area contributed by atoms with Crippen molar-refractivity contribution in [1.82, 2.24) is 4.57 Å². The average Bonchev–Trinajstić information content (AvgIpc) is 2.42. The normalized spacial score (nSPS) is 12.6. The number of ether oxygens (including phenoxy) is 1. The average molecular weight is 249 g/mol. The summed E-state index contributed by atoms with van der Waals surface area (Å²) in [5, 5.41) is 0. The SMILES string of the molecule is Cn1ccc(C(=O)OC(C)(C)C)c1C(F)(F)F. The van der Waals surface area contributed by atoms with Gasteiger partial charge >= 0.3 is 12.1 Å². The van der Waals surface area contributed by atoms with Gasteiger partial charge in [-0.05, 0) is 26.8 Å². The second kappa shape index (κ2) is 4.09. The zero-order valence-electron chi connectivity index (χ0n) is 10.1. The Morgan fingerprint density at radius 3 is 2.24 bits per heavy atom. The van der Waals surface area contributed by atoms with Crippen molar-refractivity contribution >= 4 is 5.97 Å². The van der Waals surface area contributed by atoms with Crippen LogP contribution in [0.1, 0.15) is 36.8 Å². The highest BCUT2D eigenvalue weighted by molar-refractivity contribution is 5.91. The van der Waals surface area contributed by atoms with E-state index in [0.29, 0.717) is 0 Å². The topological polar surface area (TPSA) is 31.2 Å². The Bertz CT molecular complexity index is 427. The summed E-state index contributed by atoms with van der Waals surface area (Å²) < 4.78 is 43.9. The van der Waals surface area contributed by atoms with Crippen LogP contribution in [0, 0.1) is 0 Å². The third-order valence-corrected chi connectivity index (χ3v) is 1.96. The predicted molar refractivity (Wildman–Crippen MR) is 55.6 cm³/mol. The van der Waals surface area contributed by atoms with E-state index in [1.807, 2.05) is 0 Å². The van der Waals surface area contributed by atoms with Crippen molar-refractivity contribution in [1.29, 1.82) is 0 Å². The maximum absolute atomic E-state index is 12.7. The molecule has 1 aromatic heterocycles. The number of carbonyl (C=O) groups excluding carboxylic acids is 1. The summed E-state index contributed by atoms with van der Waals surface area (Å²) in [5.41, 5.74) is -2.28. The lowest BCUT2D eigenvalue weighted by molar-refractivity contribution is -0.143. The van der Waals surface area contributed by atoms with E-state index in [2.05, 4.69) is 0 Å². The van der Waals surface area contributed by atoms with Gasteiger partial charge in [0.2, 0.25) is 0 Å². The summed E-state index contributed by atoms with van der Waals surface area (Å²) in [6.07, 6.45) is -3.40. The Morgan fingerprint density at radius 2 is 1.82 bits per heavy atom. The molecule has 0 fully saturated rings. The zero-order chi connectivity index (χ0) is 13.4. The Hall–Kier alpha value is -1.46. The molecule has 0 aliphatic rings. The molecule has 3 nitrogen and oxygen atoms in total. The Labute approximate surface area is 97.2 Å². The van der Waals surface area contributed by atoms with Crippen molar-refractivity contribution in [3.8, 4) is 0 Å². The number of aryl methyl sites for hydroxylation is 1. The van der Waals surface area contributed by atoms with Crippen LogP contribution in [-0.4, -0.2) is 16.1 Å². The molecule has 96 valence electrons. The fraction of sp³-hybridized carbons (Fsp3) is 0.545. The van der Waals surface area contributed by atoms with Gasteiger partial charge in [-0.1, -0.05) is 0 Å². The molecular formula is C11H14F3NO2. The van der Waals surface area contributed by atoms with Gasteiger partial charge in [0.05, 0.1) is 5.56 Å². The summed E-state index contributed by atoms with van der Waals surface area (Å²) in [5.74, 6) is -0.967. The van der Waals surface area contributed by atoms with Crippen LogP contribution in [0.15, 0.2) is 12.3 Å². The standard InChI is InChI=1S/C11H14F3NO2/c1-10(2,3)17-9(16)7-5-6-15(4)8(7)11(12,13)14/h5-6H,1-4H3. The largest absolute Gasteiger partial charge is 0.456 e. The molecule has 0 aromatic carbocycles. The van der Waals surface area contributed by atoms with Gasteiger partial charge in [-0.15, -0.1) is 0 Å².